The molecule has 0 spiro atoms. The molecule has 9 heteroatoms. The minimum atomic E-state index is -0.752. The summed E-state index contributed by atoms with van der Waals surface area (Å²) in [5.41, 5.74) is 8.02. The number of nitrogens with two attached hydrogens (primary N) is 1. The summed E-state index contributed by atoms with van der Waals surface area (Å²) in [6, 6.07) is 15.7. The van der Waals surface area contributed by atoms with Gasteiger partial charge in [0.2, 0.25) is 11.8 Å². The van der Waals surface area contributed by atoms with E-state index in [1.54, 1.807) is 17.3 Å². The summed E-state index contributed by atoms with van der Waals surface area (Å²) in [4.78, 5) is 45.8. The third-order valence-electron chi connectivity index (χ3n) is 8.26. The first kappa shape index (κ1) is 28.5. The van der Waals surface area contributed by atoms with E-state index in [1.807, 2.05) is 54.6 Å². The quantitative estimate of drug-likeness (QED) is 0.331. The molecule has 2 aromatic carbocycles. The van der Waals surface area contributed by atoms with Gasteiger partial charge in [-0.15, -0.1) is 0 Å². The highest BCUT2D eigenvalue weighted by molar-refractivity contribution is 5.92. The fraction of sp³-hybridized carbons (Fsp3) is 0.438. The van der Waals surface area contributed by atoms with Crippen LogP contribution in [-0.2, 0) is 20.9 Å². The molecule has 3 aromatic rings. The molecule has 2 fully saturated rings. The highest BCUT2D eigenvalue weighted by atomic mass is 16.5. The number of hydrogen-bond donors (Lipinski definition) is 3. The van der Waals surface area contributed by atoms with E-state index in [2.05, 4.69) is 15.6 Å². The number of nitrogens with zero attached hydrogens (tertiary/aromatic N) is 2. The Bertz CT molecular complexity index is 1340. The van der Waals surface area contributed by atoms with Gasteiger partial charge in [0, 0.05) is 24.3 Å². The number of amides is 3. The molecule has 0 radical (unpaired) electrons. The van der Waals surface area contributed by atoms with E-state index in [1.165, 1.54) is 6.42 Å². The number of rotatable bonds is 9. The number of fused-ring (bicyclic) bond motifs is 1. The molecule has 2 heterocycles. The van der Waals surface area contributed by atoms with Crippen LogP contribution in [0.2, 0.25) is 0 Å². The lowest BCUT2D eigenvalue weighted by atomic mass is 9.84. The van der Waals surface area contributed by atoms with Crippen molar-refractivity contribution in [2.45, 2.75) is 76.2 Å². The normalized spacial score (nSPS) is 19.0. The molecule has 0 bridgehead atoms. The number of benzene rings is 2. The maximum absolute atomic E-state index is 13.9. The zero-order valence-electron chi connectivity index (χ0n) is 23.3. The summed E-state index contributed by atoms with van der Waals surface area (Å²) in [6.45, 7) is 0.575. The van der Waals surface area contributed by atoms with Gasteiger partial charge in [0.15, 0.2) is 0 Å². The summed E-state index contributed by atoms with van der Waals surface area (Å²) >= 11 is 0. The topological polar surface area (TPSA) is 127 Å². The van der Waals surface area contributed by atoms with Crippen LogP contribution in [0, 0.1) is 5.92 Å². The number of hydrogen-bond acceptors (Lipinski definition) is 6. The monoisotopic (exact) mass is 557 g/mol. The zero-order chi connectivity index (χ0) is 28.6. The highest BCUT2D eigenvalue weighted by Gasteiger charge is 2.39. The van der Waals surface area contributed by atoms with Crippen LogP contribution in [0.15, 0.2) is 67.0 Å². The molecule has 1 aromatic heterocycles. The van der Waals surface area contributed by atoms with Gasteiger partial charge in [-0.1, -0.05) is 74.6 Å². The molecule has 2 aliphatic rings. The van der Waals surface area contributed by atoms with Crippen molar-refractivity contribution < 1.29 is 19.1 Å². The second-order valence-corrected chi connectivity index (χ2v) is 11.2. The molecule has 1 aliphatic carbocycles. The minimum Gasteiger partial charge on any atom is -0.445 e. The van der Waals surface area contributed by atoms with Gasteiger partial charge in [-0.25, -0.2) is 4.79 Å². The molecule has 216 valence electrons. The molecule has 5 rings (SSSR count). The Labute approximate surface area is 240 Å². The number of alkyl carbamates (subject to hydrolysis) is 1. The van der Waals surface area contributed by atoms with E-state index in [0.29, 0.717) is 31.7 Å². The molecule has 3 amide bonds. The Balaban J connectivity index is 1.24. The first-order valence-electron chi connectivity index (χ1n) is 14.7. The highest BCUT2D eigenvalue weighted by Crippen LogP contribution is 2.29. The van der Waals surface area contributed by atoms with E-state index >= 15 is 0 Å². The second kappa shape index (κ2) is 13.6. The lowest BCUT2D eigenvalue weighted by Crippen LogP contribution is -2.54. The van der Waals surface area contributed by atoms with Crippen LogP contribution in [0.25, 0.3) is 10.8 Å². The van der Waals surface area contributed by atoms with Gasteiger partial charge < -0.3 is 26.0 Å². The third-order valence-corrected chi connectivity index (χ3v) is 8.26. The van der Waals surface area contributed by atoms with Crippen molar-refractivity contribution in [3.8, 4) is 0 Å². The summed E-state index contributed by atoms with van der Waals surface area (Å²) < 4.78 is 5.45. The van der Waals surface area contributed by atoms with Crippen LogP contribution < -0.4 is 16.4 Å². The van der Waals surface area contributed by atoms with Gasteiger partial charge in [0.25, 0.3) is 0 Å². The molecule has 1 unspecified atom stereocenters. The molecular weight excluding hydrogens is 518 g/mol. The van der Waals surface area contributed by atoms with E-state index in [9.17, 15) is 14.4 Å². The molecule has 41 heavy (non-hydrogen) atoms. The summed E-state index contributed by atoms with van der Waals surface area (Å²) in [6.07, 6.45) is 9.45. The maximum atomic E-state index is 13.9. The average molecular weight is 558 g/mol. The Hall–Kier alpha value is -3.98. The van der Waals surface area contributed by atoms with Crippen LogP contribution in [0.5, 0.6) is 0 Å². The third kappa shape index (κ3) is 7.41. The van der Waals surface area contributed by atoms with Crippen LogP contribution in [-0.4, -0.2) is 46.4 Å². The zero-order valence-corrected chi connectivity index (χ0v) is 23.3. The minimum absolute atomic E-state index is 0.120. The number of likely N-dealkylation sites (tertiary alicyclic amines) is 1. The van der Waals surface area contributed by atoms with Gasteiger partial charge >= 0.3 is 6.09 Å². The Morgan fingerprint density at radius 1 is 0.951 bits per heavy atom. The summed E-state index contributed by atoms with van der Waals surface area (Å²) in [7, 11) is 0. The Morgan fingerprint density at radius 2 is 1.76 bits per heavy atom. The van der Waals surface area contributed by atoms with Gasteiger partial charge in [-0.05, 0) is 53.8 Å². The number of pyridine rings is 1. The van der Waals surface area contributed by atoms with E-state index < -0.39 is 24.3 Å². The van der Waals surface area contributed by atoms with Gasteiger partial charge in [-0.2, -0.15) is 0 Å². The van der Waals surface area contributed by atoms with Crippen molar-refractivity contribution in [1.29, 1.82) is 0 Å². The number of aromatic nitrogens is 1. The SMILES string of the molecule is NC(NC(=O)[C@@H]1CCCN1C(=O)[C@@H](CC1CCCCC1)NC(=O)OCc1ccccc1)c1ccc2cnccc2c1. The number of carbonyl (C=O) groups is 3. The number of nitrogens with one attached hydrogen (secondary N) is 2. The molecule has 1 saturated carbocycles. The first-order valence-corrected chi connectivity index (χ1v) is 14.7. The molecule has 9 nitrogen and oxygen atoms in total. The standard InChI is InChI=1S/C32H39N5O4/c33-29(25-13-14-26-20-34-16-15-24(26)19-25)36-30(38)28-12-7-17-37(28)31(39)27(18-22-8-3-1-4-9-22)35-32(40)41-21-23-10-5-2-6-11-23/h2,5-6,10-11,13-16,19-20,22,27-29H,1,3-4,7-9,12,17-18,21,33H2,(H,35,40)(H,36,38)/t27-,28+,29?/m1/s1. The average Bonchev–Trinajstić information content (AvgIpc) is 3.50. The van der Waals surface area contributed by atoms with E-state index in [-0.39, 0.29) is 18.4 Å². The number of carbonyl (C=O) groups excluding carboxylic acids is 3. The first-order chi connectivity index (χ1) is 20.0. The van der Waals surface area contributed by atoms with Gasteiger partial charge in [-0.3, -0.25) is 14.6 Å². The van der Waals surface area contributed by atoms with E-state index in [0.717, 1.165) is 47.6 Å². The lowest BCUT2D eigenvalue weighted by molar-refractivity contribution is -0.140. The fourth-order valence-electron chi connectivity index (χ4n) is 6.02. The van der Waals surface area contributed by atoms with Crippen molar-refractivity contribution in [2.75, 3.05) is 6.54 Å². The molecule has 1 saturated heterocycles. The van der Waals surface area contributed by atoms with E-state index in [4.69, 9.17) is 10.5 Å². The number of ether oxygens (including phenoxy) is 1. The predicted octanol–water partition coefficient (Wildman–Crippen LogP) is 4.56. The van der Waals surface area contributed by atoms with Crippen molar-refractivity contribution in [3.05, 3.63) is 78.1 Å². The summed E-state index contributed by atoms with van der Waals surface area (Å²) in [5, 5.41) is 7.71. The second-order valence-electron chi connectivity index (χ2n) is 11.2. The predicted molar refractivity (Wildman–Crippen MR) is 156 cm³/mol. The molecular formula is C32H39N5O4. The Morgan fingerprint density at radius 3 is 2.56 bits per heavy atom. The maximum Gasteiger partial charge on any atom is 0.408 e. The molecule has 4 N–H and O–H groups in total. The van der Waals surface area contributed by atoms with Crippen LogP contribution in [0.3, 0.4) is 0 Å². The fourth-order valence-corrected chi connectivity index (χ4v) is 6.02. The lowest BCUT2D eigenvalue weighted by Gasteiger charge is -2.32. The van der Waals surface area contributed by atoms with Crippen molar-refractivity contribution in [3.63, 3.8) is 0 Å². The van der Waals surface area contributed by atoms with Crippen molar-refractivity contribution in [1.82, 2.24) is 20.5 Å². The molecule has 1 aliphatic heterocycles. The van der Waals surface area contributed by atoms with Crippen molar-refractivity contribution >= 4 is 28.7 Å². The van der Waals surface area contributed by atoms with Crippen LogP contribution in [0.4, 0.5) is 4.79 Å². The summed E-state index contributed by atoms with van der Waals surface area (Å²) in [5.74, 6) is -0.184. The largest absolute Gasteiger partial charge is 0.445 e. The van der Waals surface area contributed by atoms with Crippen LogP contribution >= 0.6 is 0 Å². The van der Waals surface area contributed by atoms with Crippen molar-refractivity contribution in [2.24, 2.45) is 11.7 Å². The van der Waals surface area contributed by atoms with Gasteiger partial charge in [0.1, 0.15) is 24.9 Å². The molecule has 3 atom stereocenters. The smallest absolute Gasteiger partial charge is 0.408 e. The Kier molecular flexibility index (Phi) is 9.46. The van der Waals surface area contributed by atoms with Gasteiger partial charge in [0.05, 0.1) is 0 Å². The van der Waals surface area contributed by atoms with Crippen LogP contribution in [0.1, 0.15) is 68.7 Å².